The van der Waals surface area contributed by atoms with Crippen LogP contribution in [0.2, 0.25) is 5.02 Å². The first-order valence-electron chi connectivity index (χ1n) is 11.2. The highest BCUT2D eigenvalue weighted by molar-refractivity contribution is 9.10. The Morgan fingerprint density at radius 2 is 1.92 bits per heavy atom. The smallest absolute Gasteiger partial charge is 0.301 e. The molecule has 0 bridgehead atoms. The van der Waals surface area contributed by atoms with E-state index >= 15 is 0 Å². The largest absolute Gasteiger partial charge is 0.507 e. The molecule has 1 fully saturated rings. The molecule has 6 nitrogen and oxygen atoms in total. The number of nitrogens with zero attached hydrogens (tertiary/aromatic N) is 2. The molecule has 1 unspecified atom stereocenters. The van der Waals surface area contributed by atoms with E-state index in [1.165, 1.54) is 16.2 Å². The van der Waals surface area contributed by atoms with Gasteiger partial charge in [-0.1, -0.05) is 70.1 Å². The lowest BCUT2D eigenvalue weighted by atomic mass is 9.95. The fraction of sp³-hybridized carbons (Fsp3) is 0.148. The van der Waals surface area contributed by atoms with Crippen molar-refractivity contribution in [2.45, 2.75) is 19.4 Å². The van der Waals surface area contributed by atoms with Crippen molar-refractivity contribution in [2.24, 2.45) is 0 Å². The van der Waals surface area contributed by atoms with Crippen molar-refractivity contribution in [3.05, 3.63) is 92.9 Å². The number of Topliss-reactive ketones (excluding diaryl/α,β-unsaturated/α-hetero) is 1. The number of ether oxygens (including phenoxy) is 1. The van der Waals surface area contributed by atoms with Crippen molar-refractivity contribution in [3.63, 3.8) is 0 Å². The van der Waals surface area contributed by atoms with E-state index in [4.69, 9.17) is 16.3 Å². The van der Waals surface area contributed by atoms with Gasteiger partial charge in [0.05, 0.1) is 28.4 Å². The van der Waals surface area contributed by atoms with Gasteiger partial charge in [0.15, 0.2) is 5.13 Å². The summed E-state index contributed by atoms with van der Waals surface area (Å²) in [5.74, 6) is -1.24. The van der Waals surface area contributed by atoms with Crippen LogP contribution in [0, 0.1) is 0 Å². The molecule has 36 heavy (non-hydrogen) atoms. The van der Waals surface area contributed by atoms with Gasteiger partial charge in [0.1, 0.15) is 11.5 Å². The maximum absolute atomic E-state index is 13.4. The Labute approximate surface area is 224 Å². The third-order valence-electron chi connectivity index (χ3n) is 5.76. The summed E-state index contributed by atoms with van der Waals surface area (Å²) in [7, 11) is 0. The van der Waals surface area contributed by atoms with Gasteiger partial charge in [-0.05, 0) is 54.4 Å². The molecule has 3 aromatic carbocycles. The first-order valence-corrected chi connectivity index (χ1v) is 13.2. The Kier molecular flexibility index (Phi) is 6.83. The normalized spacial score (nSPS) is 17.2. The minimum atomic E-state index is -0.866. The minimum absolute atomic E-state index is 0.00717. The predicted molar refractivity (Wildman–Crippen MR) is 146 cm³/mol. The molecule has 1 aliphatic heterocycles. The molecule has 4 aromatic rings. The first kappa shape index (κ1) is 24.5. The molecule has 2 heterocycles. The molecule has 1 atom stereocenters. The Balaban J connectivity index is 1.68. The van der Waals surface area contributed by atoms with Gasteiger partial charge in [-0.15, -0.1) is 0 Å². The van der Waals surface area contributed by atoms with Gasteiger partial charge < -0.3 is 9.84 Å². The number of hydrogen-bond donors (Lipinski definition) is 1. The van der Waals surface area contributed by atoms with Crippen molar-refractivity contribution in [1.29, 1.82) is 0 Å². The number of carbonyl (C=O) groups excluding carboxylic acids is 2. The van der Waals surface area contributed by atoms with Crippen LogP contribution in [0.3, 0.4) is 0 Å². The number of hydrogen-bond acceptors (Lipinski definition) is 6. The van der Waals surface area contributed by atoms with Crippen LogP contribution in [0.1, 0.15) is 30.5 Å². The highest BCUT2D eigenvalue weighted by Gasteiger charge is 2.48. The number of fused-ring (bicyclic) bond motifs is 1. The summed E-state index contributed by atoms with van der Waals surface area (Å²) in [6.45, 7) is 2.52. The van der Waals surface area contributed by atoms with Crippen molar-refractivity contribution in [2.75, 3.05) is 11.5 Å². The summed E-state index contributed by atoms with van der Waals surface area (Å²) in [5.41, 5.74) is 1.71. The maximum atomic E-state index is 13.4. The van der Waals surface area contributed by atoms with Gasteiger partial charge >= 0.3 is 5.91 Å². The summed E-state index contributed by atoms with van der Waals surface area (Å²) in [5, 5.41) is 12.3. The highest BCUT2D eigenvalue weighted by atomic mass is 79.9. The van der Waals surface area contributed by atoms with Crippen LogP contribution in [-0.4, -0.2) is 28.4 Å². The summed E-state index contributed by atoms with van der Waals surface area (Å²) >= 11 is 10.8. The average molecular weight is 584 g/mol. The number of aliphatic hydroxyl groups excluding tert-OH is 1. The average Bonchev–Trinajstić information content (AvgIpc) is 3.40. The van der Waals surface area contributed by atoms with Gasteiger partial charge in [-0.25, -0.2) is 4.98 Å². The zero-order valence-electron chi connectivity index (χ0n) is 19.1. The van der Waals surface area contributed by atoms with E-state index in [1.54, 1.807) is 42.5 Å². The number of halogens is 2. The molecule has 1 saturated heterocycles. The second-order valence-electron chi connectivity index (χ2n) is 8.21. The lowest BCUT2D eigenvalue weighted by Crippen LogP contribution is -2.29. The van der Waals surface area contributed by atoms with Gasteiger partial charge in [0.25, 0.3) is 5.78 Å². The summed E-state index contributed by atoms with van der Waals surface area (Å²) in [6, 6.07) is 18.5. The number of anilines is 1. The van der Waals surface area contributed by atoms with Crippen molar-refractivity contribution >= 4 is 71.7 Å². The third kappa shape index (κ3) is 4.52. The SMILES string of the molecule is CCCOc1cccc(/C(O)=C2\C(=O)C(=O)N(c3nc4ccc(Cl)cc4s3)C2c2ccc(Br)cc2)c1. The van der Waals surface area contributed by atoms with Crippen LogP contribution in [0.25, 0.3) is 16.0 Å². The Hall–Kier alpha value is -3.20. The van der Waals surface area contributed by atoms with E-state index in [9.17, 15) is 14.7 Å². The standard InChI is InChI=1S/C27H20BrClN2O4S/c1-2-12-35-19-5-3-4-16(13-19)24(32)22-23(15-6-8-17(28)9-7-15)31(26(34)25(22)33)27-30-20-11-10-18(29)14-21(20)36-27/h3-11,13-14,23,32H,2,12H2,1H3/b24-22+. The van der Waals surface area contributed by atoms with Crippen molar-refractivity contribution in [1.82, 2.24) is 4.98 Å². The molecule has 1 N–H and O–H groups in total. The van der Waals surface area contributed by atoms with E-state index in [-0.39, 0.29) is 11.3 Å². The van der Waals surface area contributed by atoms with Crippen LogP contribution in [0.4, 0.5) is 5.13 Å². The van der Waals surface area contributed by atoms with Crippen molar-refractivity contribution in [3.8, 4) is 5.75 Å². The van der Waals surface area contributed by atoms with E-state index in [1.807, 2.05) is 31.2 Å². The number of thiazole rings is 1. The molecule has 0 spiro atoms. The highest BCUT2D eigenvalue weighted by Crippen LogP contribution is 2.44. The summed E-state index contributed by atoms with van der Waals surface area (Å²) < 4.78 is 7.33. The molecule has 5 rings (SSSR count). The number of aromatic nitrogens is 1. The lowest BCUT2D eigenvalue weighted by molar-refractivity contribution is -0.132. The van der Waals surface area contributed by atoms with E-state index in [0.29, 0.717) is 39.2 Å². The Morgan fingerprint density at radius 1 is 1.14 bits per heavy atom. The zero-order chi connectivity index (χ0) is 25.4. The third-order valence-corrected chi connectivity index (χ3v) is 7.54. The van der Waals surface area contributed by atoms with Crippen LogP contribution in [0.15, 0.2) is 76.8 Å². The van der Waals surface area contributed by atoms with Crippen LogP contribution < -0.4 is 9.64 Å². The second kappa shape index (κ2) is 10.0. The number of aliphatic hydroxyl groups is 1. The van der Waals surface area contributed by atoms with E-state index < -0.39 is 17.7 Å². The number of amides is 1. The Bertz CT molecular complexity index is 1520. The van der Waals surface area contributed by atoms with Crippen molar-refractivity contribution < 1.29 is 19.4 Å². The van der Waals surface area contributed by atoms with Gasteiger partial charge in [0, 0.05) is 15.1 Å². The van der Waals surface area contributed by atoms with Crippen LogP contribution >= 0.6 is 38.9 Å². The number of benzene rings is 3. The lowest BCUT2D eigenvalue weighted by Gasteiger charge is -2.23. The quantitative estimate of drug-likeness (QED) is 0.148. The fourth-order valence-corrected chi connectivity index (χ4v) is 5.62. The van der Waals surface area contributed by atoms with Crippen LogP contribution in [0.5, 0.6) is 5.75 Å². The summed E-state index contributed by atoms with van der Waals surface area (Å²) in [6.07, 6.45) is 0.832. The summed E-state index contributed by atoms with van der Waals surface area (Å²) in [4.78, 5) is 32.7. The predicted octanol–water partition coefficient (Wildman–Crippen LogP) is 7.13. The zero-order valence-corrected chi connectivity index (χ0v) is 22.2. The first-order chi connectivity index (χ1) is 17.4. The molecule has 0 aliphatic carbocycles. The van der Waals surface area contributed by atoms with Gasteiger partial charge in [-0.3, -0.25) is 14.5 Å². The molecule has 1 amide bonds. The molecular weight excluding hydrogens is 564 g/mol. The van der Waals surface area contributed by atoms with Gasteiger partial charge in [0.2, 0.25) is 0 Å². The molecule has 1 aromatic heterocycles. The second-order valence-corrected chi connectivity index (χ2v) is 10.6. The molecule has 0 radical (unpaired) electrons. The molecule has 0 saturated carbocycles. The number of carbonyl (C=O) groups is 2. The maximum Gasteiger partial charge on any atom is 0.301 e. The monoisotopic (exact) mass is 582 g/mol. The minimum Gasteiger partial charge on any atom is -0.507 e. The molecule has 182 valence electrons. The Morgan fingerprint density at radius 3 is 2.67 bits per heavy atom. The van der Waals surface area contributed by atoms with E-state index in [0.717, 1.165) is 15.6 Å². The molecule has 1 aliphatic rings. The van der Waals surface area contributed by atoms with E-state index in [2.05, 4.69) is 20.9 Å². The topological polar surface area (TPSA) is 79.7 Å². The van der Waals surface area contributed by atoms with Gasteiger partial charge in [-0.2, -0.15) is 0 Å². The molecule has 9 heteroatoms. The fourth-order valence-electron chi connectivity index (χ4n) is 4.09. The van der Waals surface area contributed by atoms with Crippen LogP contribution in [-0.2, 0) is 9.59 Å². The number of rotatable bonds is 6. The number of ketones is 1. The molecular formula is C27H20BrClN2O4S.